The van der Waals surface area contributed by atoms with Crippen molar-refractivity contribution in [3.63, 3.8) is 0 Å². The lowest BCUT2D eigenvalue weighted by molar-refractivity contribution is 0.0744. The van der Waals surface area contributed by atoms with E-state index in [2.05, 4.69) is 13.8 Å². The van der Waals surface area contributed by atoms with Gasteiger partial charge in [0.15, 0.2) is 0 Å². The molecule has 1 heterocycles. The molecule has 2 N–H and O–H groups in total. The number of benzene rings is 1. The molecule has 1 aromatic carbocycles. The molecule has 1 aromatic rings. The monoisotopic (exact) mass is 252 g/mol. The highest BCUT2D eigenvalue weighted by atomic mass is 35.5. The van der Waals surface area contributed by atoms with E-state index in [1.165, 1.54) is 0 Å². The zero-order valence-electron chi connectivity index (χ0n) is 10.1. The topological polar surface area (TPSA) is 46.3 Å². The third-order valence-electron chi connectivity index (χ3n) is 3.27. The van der Waals surface area contributed by atoms with Gasteiger partial charge in [-0.05, 0) is 37.5 Å². The summed E-state index contributed by atoms with van der Waals surface area (Å²) in [6, 6.07) is 5.30. The molecule has 0 bridgehead atoms. The number of carbonyl (C=O) groups excluding carboxylic acids is 1. The standard InChI is InChI=1S/C13H17ClN2O/c1-8-5-9(2)16(7-8)13(17)11-6-10(15)3-4-12(11)14/h3-4,6,8-9H,5,7,15H2,1-2H3. The van der Waals surface area contributed by atoms with Gasteiger partial charge in [0.25, 0.3) is 5.91 Å². The summed E-state index contributed by atoms with van der Waals surface area (Å²) in [5.41, 5.74) is 6.77. The Morgan fingerprint density at radius 1 is 1.47 bits per heavy atom. The molecule has 2 unspecified atom stereocenters. The van der Waals surface area contributed by atoms with E-state index in [-0.39, 0.29) is 11.9 Å². The molecule has 1 amide bonds. The van der Waals surface area contributed by atoms with Crippen LogP contribution in [0.25, 0.3) is 0 Å². The number of amides is 1. The molecule has 0 aromatic heterocycles. The van der Waals surface area contributed by atoms with Crippen molar-refractivity contribution in [1.29, 1.82) is 0 Å². The molecule has 1 aliphatic rings. The quantitative estimate of drug-likeness (QED) is 0.782. The molecule has 2 rings (SSSR count). The molecular weight excluding hydrogens is 236 g/mol. The van der Waals surface area contributed by atoms with E-state index in [1.807, 2.05) is 4.90 Å². The molecule has 4 heteroatoms. The minimum absolute atomic E-state index is 0.0147. The Morgan fingerprint density at radius 2 is 2.18 bits per heavy atom. The molecule has 0 saturated carbocycles. The molecule has 0 radical (unpaired) electrons. The van der Waals surface area contributed by atoms with Crippen molar-refractivity contribution >= 4 is 23.2 Å². The first-order valence-corrected chi connectivity index (χ1v) is 6.23. The van der Waals surface area contributed by atoms with E-state index in [9.17, 15) is 4.79 Å². The number of nitrogen functional groups attached to an aromatic ring is 1. The van der Waals surface area contributed by atoms with Gasteiger partial charge < -0.3 is 10.6 Å². The zero-order chi connectivity index (χ0) is 12.6. The van der Waals surface area contributed by atoms with E-state index in [0.29, 0.717) is 22.2 Å². The van der Waals surface area contributed by atoms with Crippen molar-refractivity contribution < 1.29 is 4.79 Å². The highest BCUT2D eigenvalue weighted by molar-refractivity contribution is 6.34. The van der Waals surface area contributed by atoms with E-state index < -0.39 is 0 Å². The number of carbonyl (C=O) groups is 1. The summed E-state index contributed by atoms with van der Waals surface area (Å²) in [5, 5.41) is 0.468. The molecule has 0 aliphatic carbocycles. The Balaban J connectivity index is 2.28. The fraction of sp³-hybridized carbons (Fsp3) is 0.462. The summed E-state index contributed by atoms with van der Waals surface area (Å²) in [7, 11) is 0. The van der Waals surface area contributed by atoms with Crippen molar-refractivity contribution in [2.45, 2.75) is 26.3 Å². The molecule has 1 saturated heterocycles. The van der Waals surface area contributed by atoms with E-state index in [4.69, 9.17) is 17.3 Å². The number of rotatable bonds is 1. The van der Waals surface area contributed by atoms with Crippen LogP contribution in [0.1, 0.15) is 30.6 Å². The molecule has 3 nitrogen and oxygen atoms in total. The summed E-state index contributed by atoms with van der Waals surface area (Å²) < 4.78 is 0. The number of halogens is 1. The van der Waals surface area contributed by atoms with E-state index in [1.54, 1.807) is 18.2 Å². The normalized spacial score (nSPS) is 24.1. The number of nitrogens with zero attached hydrogens (tertiary/aromatic N) is 1. The third-order valence-corrected chi connectivity index (χ3v) is 3.60. The fourth-order valence-corrected chi connectivity index (χ4v) is 2.64. The first-order chi connectivity index (χ1) is 7.99. The Morgan fingerprint density at radius 3 is 2.76 bits per heavy atom. The number of nitrogens with two attached hydrogens (primary N) is 1. The second-order valence-corrected chi connectivity index (χ2v) is 5.29. The number of anilines is 1. The molecule has 1 fully saturated rings. The first-order valence-electron chi connectivity index (χ1n) is 5.85. The Bertz CT molecular complexity index is 447. The van der Waals surface area contributed by atoms with Crippen LogP contribution in [0, 0.1) is 5.92 Å². The lowest BCUT2D eigenvalue weighted by Crippen LogP contribution is -2.34. The summed E-state index contributed by atoms with van der Waals surface area (Å²) in [6.07, 6.45) is 1.05. The highest BCUT2D eigenvalue weighted by Crippen LogP contribution is 2.27. The molecule has 2 atom stereocenters. The van der Waals surface area contributed by atoms with Crippen molar-refractivity contribution in [3.8, 4) is 0 Å². The van der Waals surface area contributed by atoms with Crippen LogP contribution in [-0.2, 0) is 0 Å². The average Bonchev–Trinajstić information content (AvgIpc) is 2.60. The Labute approximate surface area is 107 Å². The van der Waals surface area contributed by atoms with Crippen LogP contribution in [0.15, 0.2) is 18.2 Å². The second kappa shape index (κ2) is 4.57. The zero-order valence-corrected chi connectivity index (χ0v) is 10.9. The molecule has 0 spiro atoms. The van der Waals surface area contributed by atoms with Crippen LogP contribution in [-0.4, -0.2) is 23.4 Å². The summed E-state index contributed by atoms with van der Waals surface area (Å²) in [4.78, 5) is 14.2. The number of hydrogen-bond donors (Lipinski definition) is 1. The van der Waals surface area contributed by atoms with Crippen LogP contribution in [0.4, 0.5) is 5.69 Å². The lowest BCUT2D eigenvalue weighted by atomic mass is 10.1. The summed E-state index contributed by atoms with van der Waals surface area (Å²) in [5.74, 6) is 0.535. The van der Waals surface area contributed by atoms with Gasteiger partial charge in [0.2, 0.25) is 0 Å². The predicted octanol–water partition coefficient (Wildman–Crippen LogP) is 2.79. The minimum Gasteiger partial charge on any atom is -0.399 e. The SMILES string of the molecule is CC1CC(C)N(C(=O)c2cc(N)ccc2Cl)C1. The van der Waals surface area contributed by atoms with Gasteiger partial charge in [0, 0.05) is 18.3 Å². The average molecular weight is 253 g/mol. The van der Waals surface area contributed by atoms with Crippen LogP contribution in [0.2, 0.25) is 5.02 Å². The van der Waals surface area contributed by atoms with Crippen LogP contribution >= 0.6 is 11.6 Å². The maximum absolute atomic E-state index is 12.4. The second-order valence-electron chi connectivity index (χ2n) is 4.89. The number of hydrogen-bond acceptors (Lipinski definition) is 2. The maximum Gasteiger partial charge on any atom is 0.255 e. The third kappa shape index (κ3) is 2.39. The van der Waals surface area contributed by atoms with Gasteiger partial charge in [-0.2, -0.15) is 0 Å². The maximum atomic E-state index is 12.4. The van der Waals surface area contributed by atoms with E-state index in [0.717, 1.165) is 13.0 Å². The van der Waals surface area contributed by atoms with Gasteiger partial charge in [-0.25, -0.2) is 0 Å². The van der Waals surface area contributed by atoms with Gasteiger partial charge >= 0.3 is 0 Å². The minimum atomic E-state index is -0.0147. The molecular formula is C13H17ClN2O. The fourth-order valence-electron chi connectivity index (χ4n) is 2.44. The van der Waals surface area contributed by atoms with Crippen molar-refractivity contribution in [3.05, 3.63) is 28.8 Å². The molecule has 1 aliphatic heterocycles. The predicted molar refractivity (Wildman–Crippen MR) is 70.1 cm³/mol. The van der Waals surface area contributed by atoms with Crippen molar-refractivity contribution in [2.75, 3.05) is 12.3 Å². The first kappa shape index (κ1) is 12.2. The van der Waals surface area contributed by atoms with Gasteiger partial charge in [0.1, 0.15) is 0 Å². The number of likely N-dealkylation sites (tertiary alicyclic amines) is 1. The molecule has 92 valence electrons. The van der Waals surface area contributed by atoms with Crippen LogP contribution in [0.3, 0.4) is 0 Å². The molecule has 17 heavy (non-hydrogen) atoms. The van der Waals surface area contributed by atoms with E-state index >= 15 is 0 Å². The van der Waals surface area contributed by atoms with Gasteiger partial charge in [-0.3, -0.25) is 4.79 Å². The van der Waals surface area contributed by atoms with Crippen molar-refractivity contribution in [1.82, 2.24) is 4.90 Å². The summed E-state index contributed by atoms with van der Waals surface area (Å²) >= 11 is 6.05. The van der Waals surface area contributed by atoms with Crippen molar-refractivity contribution in [2.24, 2.45) is 5.92 Å². The van der Waals surface area contributed by atoms with Crippen LogP contribution in [0.5, 0.6) is 0 Å². The smallest absolute Gasteiger partial charge is 0.255 e. The highest BCUT2D eigenvalue weighted by Gasteiger charge is 2.31. The van der Waals surface area contributed by atoms with Gasteiger partial charge in [0.05, 0.1) is 10.6 Å². The summed E-state index contributed by atoms with van der Waals surface area (Å²) in [6.45, 7) is 5.03. The Hall–Kier alpha value is -1.22. The van der Waals surface area contributed by atoms with Gasteiger partial charge in [-0.15, -0.1) is 0 Å². The Kier molecular flexibility index (Phi) is 3.29. The largest absolute Gasteiger partial charge is 0.399 e. The van der Waals surface area contributed by atoms with Gasteiger partial charge in [-0.1, -0.05) is 18.5 Å². The lowest BCUT2D eigenvalue weighted by Gasteiger charge is -2.22. The van der Waals surface area contributed by atoms with Crippen LogP contribution < -0.4 is 5.73 Å².